The van der Waals surface area contributed by atoms with Gasteiger partial charge in [-0.2, -0.15) is 0 Å². The van der Waals surface area contributed by atoms with Gasteiger partial charge in [0.2, 0.25) is 0 Å². The van der Waals surface area contributed by atoms with Crippen LogP contribution in [-0.4, -0.2) is 5.16 Å². The molecular weight excluding hydrogens is 270 g/mol. The van der Waals surface area contributed by atoms with Crippen LogP contribution >= 0.6 is 0 Å². The smallest absolute Gasteiger partial charge is 0.137 e. The van der Waals surface area contributed by atoms with E-state index in [0.29, 0.717) is 0 Å². The maximum atomic E-state index is 5.26. The Kier molecular flexibility index (Phi) is 4.38. The molecule has 22 heavy (non-hydrogen) atoms. The molecule has 2 nitrogen and oxygen atoms in total. The lowest BCUT2D eigenvalue weighted by Crippen LogP contribution is -1.99. The second kappa shape index (κ2) is 6.61. The van der Waals surface area contributed by atoms with Crippen molar-refractivity contribution in [1.29, 1.82) is 0 Å². The quantitative estimate of drug-likeness (QED) is 0.683. The molecule has 0 N–H and O–H groups in total. The van der Waals surface area contributed by atoms with Crippen LogP contribution < -0.4 is 0 Å². The van der Waals surface area contributed by atoms with Gasteiger partial charge in [-0.3, -0.25) is 0 Å². The molecular formula is C20H21NO. The minimum atomic E-state index is 0.943. The fraction of sp³-hybridized carbons (Fsp3) is 0.250. The van der Waals surface area contributed by atoms with Crippen LogP contribution in [-0.2, 0) is 19.3 Å². The molecule has 0 unspecified atom stereocenters. The normalized spacial score (nSPS) is 10.8. The van der Waals surface area contributed by atoms with Crippen LogP contribution in [0.1, 0.15) is 33.7 Å². The summed E-state index contributed by atoms with van der Waals surface area (Å²) in [6, 6.07) is 19.3. The summed E-state index contributed by atoms with van der Waals surface area (Å²) in [6.07, 6.45) is 2.98. The van der Waals surface area contributed by atoms with Crippen LogP contribution in [0.5, 0.6) is 0 Å². The Morgan fingerprint density at radius 1 is 0.818 bits per heavy atom. The molecule has 0 amide bonds. The van der Waals surface area contributed by atoms with Crippen LogP contribution in [0, 0.1) is 13.8 Å². The van der Waals surface area contributed by atoms with Gasteiger partial charge < -0.3 is 4.52 Å². The third-order valence-corrected chi connectivity index (χ3v) is 4.18. The second-order valence-electron chi connectivity index (χ2n) is 5.73. The Morgan fingerprint density at radius 2 is 1.50 bits per heavy atom. The first-order valence-corrected chi connectivity index (χ1v) is 7.76. The van der Waals surface area contributed by atoms with Gasteiger partial charge in [-0.1, -0.05) is 59.8 Å². The van der Waals surface area contributed by atoms with Crippen LogP contribution in [0.3, 0.4) is 0 Å². The highest BCUT2D eigenvalue weighted by Crippen LogP contribution is 2.19. The number of rotatable bonds is 5. The molecule has 0 saturated carbocycles. The van der Waals surface area contributed by atoms with Gasteiger partial charge in [0.05, 0.1) is 5.69 Å². The van der Waals surface area contributed by atoms with Crippen LogP contribution in [0.25, 0.3) is 0 Å². The SMILES string of the molecule is Cc1noc(C)c1CCc1ccccc1Cc1ccccc1. The predicted molar refractivity (Wildman–Crippen MR) is 89.1 cm³/mol. The van der Waals surface area contributed by atoms with Crippen LogP contribution in [0.2, 0.25) is 0 Å². The lowest BCUT2D eigenvalue weighted by Gasteiger charge is -2.09. The standard InChI is InChI=1S/C20H21NO/c1-15-20(16(2)22-21-15)13-12-18-10-6-7-11-19(18)14-17-8-4-3-5-9-17/h3-11H,12-14H2,1-2H3. The predicted octanol–water partition coefficient (Wildman–Crippen LogP) is 4.67. The molecule has 0 fully saturated rings. The molecule has 0 aliphatic carbocycles. The van der Waals surface area contributed by atoms with Crippen molar-refractivity contribution in [1.82, 2.24) is 5.16 Å². The summed E-state index contributed by atoms with van der Waals surface area (Å²) >= 11 is 0. The third kappa shape index (κ3) is 3.28. The minimum Gasteiger partial charge on any atom is -0.361 e. The highest BCUT2D eigenvalue weighted by molar-refractivity contribution is 5.34. The summed E-state index contributed by atoms with van der Waals surface area (Å²) < 4.78 is 5.26. The minimum absolute atomic E-state index is 0.943. The summed E-state index contributed by atoms with van der Waals surface area (Å²) in [7, 11) is 0. The molecule has 2 heteroatoms. The molecule has 0 aliphatic heterocycles. The first-order valence-electron chi connectivity index (χ1n) is 7.76. The summed E-state index contributed by atoms with van der Waals surface area (Å²) in [5, 5.41) is 4.04. The molecule has 0 atom stereocenters. The van der Waals surface area contributed by atoms with Gasteiger partial charge >= 0.3 is 0 Å². The van der Waals surface area contributed by atoms with Gasteiger partial charge in [0, 0.05) is 5.56 Å². The van der Waals surface area contributed by atoms with E-state index in [-0.39, 0.29) is 0 Å². The van der Waals surface area contributed by atoms with Crippen molar-refractivity contribution in [2.75, 3.05) is 0 Å². The topological polar surface area (TPSA) is 26.0 Å². The summed E-state index contributed by atoms with van der Waals surface area (Å²) in [5.74, 6) is 0.943. The molecule has 2 aromatic carbocycles. The zero-order valence-electron chi connectivity index (χ0n) is 13.2. The third-order valence-electron chi connectivity index (χ3n) is 4.18. The highest BCUT2D eigenvalue weighted by Gasteiger charge is 2.10. The van der Waals surface area contributed by atoms with Crippen LogP contribution in [0.15, 0.2) is 59.1 Å². The Labute approximate surface area is 131 Å². The molecule has 3 aromatic rings. The molecule has 0 spiro atoms. The number of nitrogens with zero attached hydrogens (tertiary/aromatic N) is 1. The Bertz CT molecular complexity index is 724. The van der Waals surface area contributed by atoms with E-state index < -0.39 is 0 Å². The van der Waals surface area contributed by atoms with Gasteiger partial charge in [-0.05, 0) is 49.8 Å². The van der Waals surface area contributed by atoms with E-state index in [2.05, 4.69) is 59.8 Å². The molecule has 1 heterocycles. The Hall–Kier alpha value is -2.35. The summed E-state index contributed by atoms with van der Waals surface area (Å²) in [6.45, 7) is 4.01. The van der Waals surface area contributed by atoms with E-state index in [0.717, 1.165) is 30.7 Å². The van der Waals surface area contributed by atoms with Crippen molar-refractivity contribution in [2.45, 2.75) is 33.1 Å². The highest BCUT2D eigenvalue weighted by atomic mass is 16.5. The average Bonchev–Trinajstić information content (AvgIpc) is 2.86. The van der Waals surface area contributed by atoms with Crippen molar-refractivity contribution in [2.24, 2.45) is 0 Å². The maximum absolute atomic E-state index is 5.26. The van der Waals surface area contributed by atoms with E-state index in [9.17, 15) is 0 Å². The first kappa shape index (κ1) is 14.6. The van der Waals surface area contributed by atoms with Gasteiger partial charge in [-0.15, -0.1) is 0 Å². The van der Waals surface area contributed by atoms with Gasteiger partial charge in [0.15, 0.2) is 0 Å². The fourth-order valence-electron chi connectivity index (χ4n) is 2.91. The number of hydrogen-bond donors (Lipinski definition) is 0. The molecule has 0 saturated heterocycles. The van der Waals surface area contributed by atoms with Crippen molar-refractivity contribution in [3.8, 4) is 0 Å². The fourth-order valence-corrected chi connectivity index (χ4v) is 2.91. The Morgan fingerprint density at radius 3 is 2.18 bits per heavy atom. The first-order chi connectivity index (χ1) is 10.7. The molecule has 0 bridgehead atoms. The van der Waals surface area contributed by atoms with Gasteiger partial charge in [0.25, 0.3) is 0 Å². The molecule has 112 valence electrons. The van der Waals surface area contributed by atoms with Crippen LogP contribution in [0.4, 0.5) is 0 Å². The maximum Gasteiger partial charge on any atom is 0.137 e. The van der Waals surface area contributed by atoms with E-state index in [1.807, 2.05) is 13.8 Å². The van der Waals surface area contributed by atoms with E-state index in [1.165, 1.54) is 22.3 Å². The van der Waals surface area contributed by atoms with Crippen molar-refractivity contribution in [3.63, 3.8) is 0 Å². The summed E-state index contributed by atoms with van der Waals surface area (Å²) in [5.41, 5.74) is 6.42. The van der Waals surface area contributed by atoms with E-state index in [1.54, 1.807) is 0 Å². The lowest BCUT2D eigenvalue weighted by atomic mass is 9.95. The van der Waals surface area contributed by atoms with Gasteiger partial charge in [0.1, 0.15) is 5.76 Å². The second-order valence-corrected chi connectivity index (χ2v) is 5.73. The number of benzene rings is 2. The number of aryl methyl sites for hydroxylation is 3. The molecule has 0 radical (unpaired) electrons. The van der Waals surface area contributed by atoms with Gasteiger partial charge in [-0.25, -0.2) is 0 Å². The number of aromatic nitrogens is 1. The van der Waals surface area contributed by atoms with E-state index >= 15 is 0 Å². The lowest BCUT2D eigenvalue weighted by molar-refractivity contribution is 0.392. The van der Waals surface area contributed by atoms with Crippen molar-refractivity contribution >= 4 is 0 Å². The largest absolute Gasteiger partial charge is 0.361 e. The number of hydrogen-bond acceptors (Lipinski definition) is 2. The summed E-state index contributed by atoms with van der Waals surface area (Å²) in [4.78, 5) is 0. The van der Waals surface area contributed by atoms with Crippen molar-refractivity contribution in [3.05, 3.63) is 88.3 Å². The average molecular weight is 291 g/mol. The zero-order chi connectivity index (χ0) is 15.4. The van der Waals surface area contributed by atoms with Crippen molar-refractivity contribution < 1.29 is 4.52 Å². The zero-order valence-corrected chi connectivity index (χ0v) is 13.2. The monoisotopic (exact) mass is 291 g/mol. The molecule has 1 aromatic heterocycles. The van der Waals surface area contributed by atoms with E-state index in [4.69, 9.17) is 4.52 Å². The molecule has 3 rings (SSSR count). The molecule has 0 aliphatic rings. The Balaban J connectivity index is 1.77.